The number of hydrogen-bond donors (Lipinski definition) is 2. The molecule has 0 aromatic carbocycles. The van der Waals surface area contributed by atoms with E-state index in [2.05, 4.69) is 5.32 Å². The lowest BCUT2D eigenvalue weighted by molar-refractivity contribution is -0.153. The quantitative estimate of drug-likeness (QED) is 0.468. The van der Waals surface area contributed by atoms with E-state index in [1.165, 1.54) is 0 Å². The van der Waals surface area contributed by atoms with Gasteiger partial charge in [0.15, 0.2) is 5.78 Å². The number of carbonyl (C=O) groups excluding carboxylic acids is 3. The lowest BCUT2D eigenvalue weighted by Gasteiger charge is -2.39. The summed E-state index contributed by atoms with van der Waals surface area (Å²) in [5.41, 5.74) is -1.08. The molecule has 0 radical (unpaired) electrons. The zero-order valence-electron chi connectivity index (χ0n) is 16.6. The third-order valence-corrected chi connectivity index (χ3v) is 5.93. The Morgan fingerprint density at radius 1 is 1.26 bits per heavy atom. The summed E-state index contributed by atoms with van der Waals surface area (Å²) in [5.74, 6) is -1.23. The summed E-state index contributed by atoms with van der Waals surface area (Å²) < 4.78 is 0. The second-order valence-electron chi connectivity index (χ2n) is 8.36. The Bertz CT molecular complexity index is 589. The molecular weight excluding hydrogens is 348 g/mol. The van der Waals surface area contributed by atoms with Crippen LogP contribution < -0.4 is 5.32 Å². The number of fused-ring (bicyclic) bond motifs is 1. The smallest absolute Gasteiger partial charge is 0.326 e. The molecule has 0 spiro atoms. The lowest BCUT2D eigenvalue weighted by Crippen LogP contribution is -2.61. The largest absolute Gasteiger partial charge is 0.480 e. The van der Waals surface area contributed by atoms with E-state index in [1.807, 2.05) is 6.92 Å². The number of carboxylic acid groups (broad SMARTS) is 1. The van der Waals surface area contributed by atoms with Crippen LogP contribution in [0.3, 0.4) is 0 Å². The van der Waals surface area contributed by atoms with Crippen LogP contribution in [0.4, 0.5) is 0 Å². The molecule has 7 heteroatoms. The van der Waals surface area contributed by atoms with Gasteiger partial charge in [-0.05, 0) is 45.4 Å². The van der Waals surface area contributed by atoms with Crippen molar-refractivity contribution in [3.63, 3.8) is 0 Å². The number of nitrogens with zero attached hydrogens (tertiary/aromatic N) is 1. The van der Waals surface area contributed by atoms with Crippen LogP contribution in [0.25, 0.3) is 0 Å². The van der Waals surface area contributed by atoms with E-state index in [-0.39, 0.29) is 30.1 Å². The summed E-state index contributed by atoms with van der Waals surface area (Å²) in [6, 6.07) is -1.43. The Hall–Kier alpha value is -1.76. The molecule has 1 amide bonds. The molecule has 27 heavy (non-hydrogen) atoms. The van der Waals surface area contributed by atoms with Gasteiger partial charge in [0, 0.05) is 6.04 Å². The van der Waals surface area contributed by atoms with Gasteiger partial charge in [-0.25, -0.2) is 4.79 Å². The Labute approximate surface area is 160 Å². The molecule has 0 aromatic rings. The number of aldehydes is 1. The highest BCUT2D eigenvalue weighted by molar-refractivity contribution is 5.95. The highest BCUT2D eigenvalue weighted by Gasteiger charge is 2.50. The number of hydrogen-bond acceptors (Lipinski definition) is 5. The van der Waals surface area contributed by atoms with Gasteiger partial charge in [-0.2, -0.15) is 0 Å². The fraction of sp³-hybridized carbons (Fsp3) is 0.800. The Kier molecular flexibility index (Phi) is 7.14. The van der Waals surface area contributed by atoms with E-state index in [9.17, 15) is 24.3 Å². The number of amides is 1. The summed E-state index contributed by atoms with van der Waals surface area (Å²) in [4.78, 5) is 49.7. The van der Waals surface area contributed by atoms with Gasteiger partial charge in [0.25, 0.3) is 0 Å². The molecule has 0 unspecified atom stereocenters. The zero-order chi connectivity index (χ0) is 20.2. The SMILES string of the molecule is CCC[C@H](NC(C)(C)C(=O)N1[C@H](C(=O)O)C[C@@H]2CCCC[C@@H]21)C(=O)CC=O. The van der Waals surface area contributed by atoms with Crippen LogP contribution in [0.1, 0.15) is 72.1 Å². The minimum atomic E-state index is -1.08. The molecule has 1 heterocycles. The fourth-order valence-corrected chi connectivity index (χ4v) is 4.62. The van der Waals surface area contributed by atoms with Crippen molar-refractivity contribution >= 4 is 23.9 Å². The third-order valence-electron chi connectivity index (χ3n) is 5.93. The topological polar surface area (TPSA) is 104 Å². The van der Waals surface area contributed by atoms with Crippen molar-refractivity contribution in [1.29, 1.82) is 0 Å². The van der Waals surface area contributed by atoms with Gasteiger partial charge in [0.2, 0.25) is 5.91 Å². The molecule has 7 nitrogen and oxygen atoms in total. The monoisotopic (exact) mass is 380 g/mol. The first-order valence-corrected chi connectivity index (χ1v) is 10.0. The van der Waals surface area contributed by atoms with Crippen LogP contribution in [0.5, 0.6) is 0 Å². The minimum Gasteiger partial charge on any atom is -0.480 e. The summed E-state index contributed by atoms with van der Waals surface area (Å²) >= 11 is 0. The molecular formula is C20H32N2O5. The molecule has 0 aromatic heterocycles. The van der Waals surface area contributed by atoms with E-state index < -0.39 is 23.6 Å². The number of aliphatic carboxylic acids is 1. The van der Waals surface area contributed by atoms with Gasteiger partial charge >= 0.3 is 5.97 Å². The van der Waals surface area contributed by atoms with Crippen molar-refractivity contribution < 1.29 is 24.3 Å². The molecule has 4 atom stereocenters. The average molecular weight is 380 g/mol. The molecule has 1 aliphatic heterocycles. The van der Waals surface area contributed by atoms with Crippen LogP contribution in [0.2, 0.25) is 0 Å². The van der Waals surface area contributed by atoms with Crippen molar-refractivity contribution in [1.82, 2.24) is 10.2 Å². The van der Waals surface area contributed by atoms with E-state index >= 15 is 0 Å². The maximum Gasteiger partial charge on any atom is 0.326 e. The average Bonchev–Trinajstić information content (AvgIpc) is 3.00. The molecule has 0 bridgehead atoms. The van der Waals surface area contributed by atoms with E-state index in [0.29, 0.717) is 19.1 Å². The standard InChI is InChI=1S/C20H32N2O5/c1-4-7-14(17(24)10-11-23)21-20(2,3)19(27)22-15-9-6-5-8-13(15)12-16(22)18(25)26/h11,13-16,21H,4-10,12H2,1-3H3,(H,25,26)/t13-,14-,15-,16-/m0/s1. The number of carboxylic acids is 1. The number of rotatable bonds is 9. The molecule has 1 aliphatic carbocycles. The molecule has 152 valence electrons. The van der Waals surface area contributed by atoms with Crippen LogP contribution >= 0.6 is 0 Å². The number of nitrogens with one attached hydrogen (secondary N) is 1. The van der Waals surface area contributed by atoms with Crippen molar-refractivity contribution in [3.05, 3.63) is 0 Å². The van der Waals surface area contributed by atoms with Gasteiger partial charge in [0.05, 0.1) is 18.0 Å². The van der Waals surface area contributed by atoms with Crippen LogP contribution in [0, 0.1) is 5.92 Å². The maximum atomic E-state index is 13.4. The van der Waals surface area contributed by atoms with Gasteiger partial charge in [-0.1, -0.05) is 26.2 Å². The third kappa shape index (κ3) is 4.75. The fourth-order valence-electron chi connectivity index (χ4n) is 4.62. The van der Waals surface area contributed by atoms with Crippen LogP contribution in [0.15, 0.2) is 0 Å². The van der Waals surface area contributed by atoms with Gasteiger partial charge in [-0.3, -0.25) is 14.9 Å². The number of likely N-dealkylation sites (tertiary alicyclic amines) is 1. The summed E-state index contributed by atoms with van der Waals surface area (Å²) in [6.45, 7) is 5.33. The van der Waals surface area contributed by atoms with Crippen LogP contribution in [-0.4, -0.2) is 57.6 Å². The van der Waals surface area contributed by atoms with Crippen molar-refractivity contribution in [2.24, 2.45) is 5.92 Å². The molecule has 2 N–H and O–H groups in total. The Morgan fingerprint density at radius 2 is 1.93 bits per heavy atom. The van der Waals surface area contributed by atoms with Crippen molar-refractivity contribution in [3.8, 4) is 0 Å². The van der Waals surface area contributed by atoms with Gasteiger partial charge in [-0.15, -0.1) is 0 Å². The molecule has 1 saturated carbocycles. The highest BCUT2D eigenvalue weighted by atomic mass is 16.4. The first-order valence-electron chi connectivity index (χ1n) is 10.0. The number of carbonyl (C=O) groups is 4. The second kappa shape index (κ2) is 8.95. The van der Waals surface area contributed by atoms with Crippen LogP contribution in [-0.2, 0) is 19.2 Å². The molecule has 2 fully saturated rings. The molecule has 2 aliphatic rings. The van der Waals surface area contributed by atoms with Gasteiger partial charge < -0.3 is 14.8 Å². The molecule has 2 rings (SSSR count). The predicted octanol–water partition coefficient (Wildman–Crippen LogP) is 1.93. The van der Waals surface area contributed by atoms with E-state index in [1.54, 1.807) is 18.7 Å². The summed E-state index contributed by atoms with van der Waals surface area (Å²) in [6.07, 6.45) is 6.03. The first kappa shape index (κ1) is 21.5. The normalized spacial score (nSPS) is 26.3. The van der Waals surface area contributed by atoms with E-state index in [0.717, 1.165) is 32.1 Å². The highest BCUT2D eigenvalue weighted by Crippen LogP contribution is 2.40. The minimum absolute atomic E-state index is 0.0382. The first-order chi connectivity index (χ1) is 12.7. The summed E-state index contributed by atoms with van der Waals surface area (Å²) in [5, 5.41) is 12.8. The number of Topliss-reactive ketones (excluding diaryl/α,β-unsaturated/α-hetero) is 1. The van der Waals surface area contributed by atoms with E-state index in [4.69, 9.17) is 0 Å². The van der Waals surface area contributed by atoms with Crippen molar-refractivity contribution in [2.75, 3.05) is 0 Å². The lowest BCUT2D eigenvalue weighted by atomic mass is 9.84. The maximum absolute atomic E-state index is 13.4. The van der Waals surface area contributed by atoms with Gasteiger partial charge in [0.1, 0.15) is 12.3 Å². The Morgan fingerprint density at radius 3 is 2.52 bits per heavy atom. The second-order valence-corrected chi connectivity index (χ2v) is 8.36. The Balaban J connectivity index is 2.21. The summed E-state index contributed by atoms with van der Waals surface area (Å²) in [7, 11) is 0. The molecule has 1 saturated heterocycles. The number of ketones is 1. The zero-order valence-corrected chi connectivity index (χ0v) is 16.6. The predicted molar refractivity (Wildman–Crippen MR) is 100 cm³/mol. The van der Waals surface area contributed by atoms with Crippen molar-refractivity contribution in [2.45, 2.75) is 95.8 Å².